The number of hydrazone groups is 1. The maximum atomic E-state index is 11.5. The second-order valence-electron chi connectivity index (χ2n) is 5.39. The minimum atomic E-state index is -1.15. The lowest BCUT2D eigenvalue weighted by Crippen LogP contribution is -2.37. The van der Waals surface area contributed by atoms with Gasteiger partial charge >= 0.3 is 17.8 Å². The molecule has 0 heterocycles. The molecule has 8 nitrogen and oxygen atoms in total. The van der Waals surface area contributed by atoms with Crippen LogP contribution in [0.25, 0.3) is 0 Å². The smallest absolute Gasteiger partial charge is 0.339 e. The van der Waals surface area contributed by atoms with Crippen molar-refractivity contribution in [3.63, 3.8) is 0 Å². The van der Waals surface area contributed by atoms with Crippen LogP contribution in [0.4, 0.5) is 0 Å². The number of rotatable bonds is 7. The molecule has 0 spiro atoms. The number of benzene rings is 2. The van der Waals surface area contributed by atoms with Crippen molar-refractivity contribution in [3.8, 4) is 5.75 Å². The number of carboxylic acid groups (broad SMARTS) is 1. The number of nitrogens with one attached hydrogen (secondary N) is 2. The number of hydrogen-bond donors (Lipinski definition) is 3. The quantitative estimate of drug-likeness (QED) is 0.389. The van der Waals surface area contributed by atoms with Gasteiger partial charge in [0.15, 0.2) is 0 Å². The highest BCUT2D eigenvalue weighted by Crippen LogP contribution is 2.21. The maximum absolute atomic E-state index is 11.5. The predicted molar refractivity (Wildman–Crippen MR) is 98.6 cm³/mol. The van der Waals surface area contributed by atoms with E-state index in [0.717, 1.165) is 5.56 Å². The van der Waals surface area contributed by atoms with Gasteiger partial charge in [-0.15, -0.1) is 0 Å². The van der Waals surface area contributed by atoms with Gasteiger partial charge in [0.05, 0.1) is 6.21 Å². The summed E-state index contributed by atoms with van der Waals surface area (Å²) in [7, 11) is 0. The van der Waals surface area contributed by atoms with Crippen LogP contribution in [-0.4, -0.2) is 35.6 Å². The zero-order chi connectivity index (χ0) is 19.6. The molecule has 0 aliphatic carbocycles. The average molecular weight is 369 g/mol. The Bertz CT molecular complexity index is 850. The topological polar surface area (TPSA) is 117 Å². The van der Waals surface area contributed by atoms with Gasteiger partial charge in [0.2, 0.25) is 0 Å². The van der Waals surface area contributed by atoms with Crippen LogP contribution in [0.15, 0.2) is 53.6 Å². The van der Waals surface area contributed by atoms with E-state index in [1.54, 1.807) is 13.0 Å². The van der Waals surface area contributed by atoms with Crippen molar-refractivity contribution in [2.24, 2.45) is 5.10 Å². The molecule has 2 amide bonds. The van der Waals surface area contributed by atoms with Crippen LogP contribution in [-0.2, 0) is 16.2 Å². The Labute approximate surface area is 155 Å². The van der Waals surface area contributed by atoms with E-state index in [-0.39, 0.29) is 17.9 Å². The fraction of sp³-hybridized carbons (Fsp3) is 0.158. The Morgan fingerprint density at radius 2 is 1.85 bits per heavy atom. The minimum absolute atomic E-state index is 0.0371. The summed E-state index contributed by atoms with van der Waals surface area (Å²) >= 11 is 0. The molecule has 27 heavy (non-hydrogen) atoms. The molecule has 0 saturated heterocycles. The summed E-state index contributed by atoms with van der Waals surface area (Å²) in [6.07, 6.45) is 1.24. The first-order chi connectivity index (χ1) is 13.0. The SMILES string of the molecule is CCNC(=O)C(=O)N/N=C\c1ccc(OCc2ccccc2)c(C(=O)O)c1. The molecule has 2 rings (SSSR count). The predicted octanol–water partition coefficient (Wildman–Crippen LogP) is 1.55. The molecule has 3 N–H and O–H groups in total. The number of hydrogen-bond acceptors (Lipinski definition) is 5. The Balaban J connectivity index is 2.06. The molecule has 0 unspecified atom stereocenters. The fourth-order valence-corrected chi connectivity index (χ4v) is 2.11. The van der Waals surface area contributed by atoms with Gasteiger partial charge in [-0.05, 0) is 36.2 Å². The Morgan fingerprint density at radius 1 is 1.11 bits per heavy atom. The van der Waals surface area contributed by atoms with Crippen molar-refractivity contribution in [1.29, 1.82) is 0 Å². The second kappa shape index (κ2) is 9.71. The first-order valence-corrected chi connectivity index (χ1v) is 8.16. The van der Waals surface area contributed by atoms with Crippen molar-refractivity contribution >= 4 is 24.0 Å². The number of carbonyl (C=O) groups is 3. The summed E-state index contributed by atoms with van der Waals surface area (Å²) < 4.78 is 5.59. The van der Waals surface area contributed by atoms with Crippen LogP contribution in [0, 0.1) is 0 Å². The second-order valence-corrected chi connectivity index (χ2v) is 5.39. The van der Waals surface area contributed by atoms with Crippen LogP contribution in [0.2, 0.25) is 0 Å². The summed E-state index contributed by atoms with van der Waals surface area (Å²) in [5.41, 5.74) is 3.36. The zero-order valence-corrected chi connectivity index (χ0v) is 14.6. The summed E-state index contributed by atoms with van der Waals surface area (Å²) in [5, 5.41) is 15.4. The summed E-state index contributed by atoms with van der Waals surface area (Å²) in [5.74, 6) is -2.64. The largest absolute Gasteiger partial charge is 0.488 e. The Kier molecular flexibility index (Phi) is 7.07. The maximum Gasteiger partial charge on any atom is 0.339 e. The molecule has 0 saturated carbocycles. The van der Waals surface area contributed by atoms with Gasteiger partial charge in [0.25, 0.3) is 0 Å². The highest BCUT2D eigenvalue weighted by atomic mass is 16.5. The molecule has 0 aliphatic heterocycles. The van der Waals surface area contributed by atoms with Gasteiger partial charge in [-0.2, -0.15) is 5.10 Å². The zero-order valence-electron chi connectivity index (χ0n) is 14.6. The van der Waals surface area contributed by atoms with E-state index in [2.05, 4.69) is 15.8 Å². The molecule has 0 aliphatic rings. The van der Waals surface area contributed by atoms with Gasteiger partial charge in [-0.25, -0.2) is 10.2 Å². The van der Waals surface area contributed by atoms with E-state index in [1.807, 2.05) is 30.3 Å². The van der Waals surface area contributed by atoms with Crippen LogP contribution in [0.3, 0.4) is 0 Å². The standard InChI is InChI=1S/C19H19N3O5/c1-2-20-17(23)18(24)22-21-11-14-8-9-16(15(10-14)19(25)26)27-12-13-6-4-3-5-7-13/h3-11H,2,12H2,1H3,(H,20,23)(H,22,24)(H,25,26)/b21-11-. The number of carboxylic acids is 1. The fourth-order valence-electron chi connectivity index (χ4n) is 2.11. The molecule has 0 fully saturated rings. The number of carbonyl (C=O) groups excluding carboxylic acids is 2. The van der Waals surface area contributed by atoms with E-state index < -0.39 is 17.8 Å². The molecule has 8 heteroatoms. The van der Waals surface area contributed by atoms with Gasteiger partial charge in [-0.3, -0.25) is 9.59 Å². The van der Waals surface area contributed by atoms with E-state index >= 15 is 0 Å². The number of aromatic carboxylic acids is 1. The monoisotopic (exact) mass is 369 g/mol. The lowest BCUT2D eigenvalue weighted by Gasteiger charge is -2.10. The average Bonchev–Trinajstić information content (AvgIpc) is 2.67. The third-order valence-electron chi connectivity index (χ3n) is 3.39. The van der Waals surface area contributed by atoms with Crippen molar-refractivity contribution in [2.45, 2.75) is 13.5 Å². The van der Waals surface area contributed by atoms with Crippen LogP contribution >= 0.6 is 0 Å². The molecular weight excluding hydrogens is 350 g/mol. The van der Waals surface area contributed by atoms with Gasteiger partial charge in [0, 0.05) is 6.54 Å². The Morgan fingerprint density at radius 3 is 2.52 bits per heavy atom. The van der Waals surface area contributed by atoms with Crippen molar-refractivity contribution in [1.82, 2.24) is 10.7 Å². The van der Waals surface area contributed by atoms with Gasteiger partial charge < -0.3 is 15.2 Å². The lowest BCUT2D eigenvalue weighted by atomic mass is 10.1. The van der Waals surface area contributed by atoms with Gasteiger partial charge in [-0.1, -0.05) is 30.3 Å². The molecule has 2 aromatic rings. The first kappa shape index (κ1) is 19.6. The molecule has 0 aromatic heterocycles. The molecule has 2 aromatic carbocycles. The third-order valence-corrected chi connectivity index (χ3v) is 3.39. The molecule has 140 valence electrons. The third kappa shape index (κ3) is 5.96. The highest BCUT2D eigenvalue weighted by Gasteiger charge is 2.13. The van der Waals surface area contributed by atoms with Crippen LogP contribution in [0.5, 0.6) is 5.75 Å². The van der Waals surface area contributed by atoms with Crippen LogP contribution in [0.1, 0.15) is 28.4 Å². The number of amides is 2. The first-order valence-electron chi connectivity index (χ1n) is 8.16. The van der Waals surface area contributed by atoms with E-state index in [0.29, 0.717) is 12.1 Å². The normalized spacial score (nSPS) is 10.4. The van der Waals surface area contributed by atoms with E-state index in [1.165, 1.54) is 18.3 Å². The summed E-state index contributed by atoms with van der Waals surface area (Å²) in [4.78, 5) is 34.2. The van der Waals surface area contributed by atoms with Crippen molar-refractivity contribution in [2.75, 3.05) is 6.54 Å². The molecule has 0 atom stereocenters. The van der Waals surface area contributed by atoms with Crippen LogP contribution < -0.4 is 15.5 Å². The summed E-state index contributed by atoms with van der Waals surface area (Å²) in [6, 6.07) is 13.8. The lowest BCUT2D eigenvalue weighted by molar-refractivity contribution is -0.139. The number of nitrogens with zero attached hydrogens (tertiary/aromatic N) is 1. The van der Waals surface area contributed by atoms with Crippen molar-refractivity contribution < 1.29 is 24.2 Å². The van der Waals surface area contributed by atoms with Gasteiger partial charge in [0.1, 0.15) is 17.9 Å². The molecule has 0 radical (unpaired) electrons. The minimum Gasteiger partial charge on any atom is -0.488 e. The Hall–Kier alpha value is -3.68. The van der Waals surface area contributed by atoms with E-state index in [9.17, 15) is 19.5 Å². The molecule has 0 bridgehead atoms. The van der Waals surface area contributed by atoms with E-state index in [4.69, 9.17) is 4.74 Å². The molecular formula is C19H19N3O5. The summed E-state index contributed by atoms with van der Waals surface area (Å²) in [6.45, 7) is 2.24. The number of ether oxygens (including phenoxy) is 1. The number of likely N-dealkylation sites (N-methyl/N-ethyl adjacent to an activating group) is 1. The van der Waals surface area contributed by atoms with Crippen molar-refractivity contribution in [3.05, 3.63) is 65.2 Å². The highest BCUT2D eigenvalue weighted by molar-refractivity contribution is 6.35.